The zero-order valence-corrected chi connectivity index (χ0v) is 18.7. The number of pyridine rings is 1. The number of aryl methyl sites for hydroxylation is 2. The number of nitrogens with one attached hydrogen (secondary N) is 2. The smallest absolute Gasteiger partial charge is 0.259 e. The summed E-state index contributed by atoms with van der Waals surface area (Å²) >= 11 is 3.09. The zero-order chi connectivity index (χ0) is 21.4. The Morgan fingerprint density at radius 3 is 3.10 bits per heavy atom. The fourth-order valence-corrected chi connectivity index (χ4v) is 5.94. The number of thiophene rings is 1. The molecule has 0 aliphatic heterocycles. The first-order chi connectivity index (χ1) is 15.1. The van der Waals surface area contributed by atoms with Crippen LogP contribution in [0.5, 0.6) is 0 Å². The minimum absolute atomic E-state index is 0.0595. The fourth-order valence-electron chi connectivity index (χ4n) is 3.88. The van der Waals surface area contributed by atoms with Gasteiger partial charge in [0.2, 0.25) is 5.91 Å². The number of fused-ring (bicyclic) bond motifs is 4. The van der Waals surface area contributed by atoms with E-state index in [9.17, 15) is 9.59 Å². The zero-order valence-electron chi connectivity index (χ0n) is 17.1. The summed E-state index contributed by atoms with van der Waals surface area (Å²) in [5, 5.41) is 11.6. The molecule has 4 aromatic rings. The van der Waals surface area contributed by atoms with Crippen LogP contribution in [0.25, 0.3) is 15.9 Å². The molecule has 0 saturated heterocycles. The van der Waals surface area contributed by atoms with Crippen LogP contribution in [0.1, 0.15) is 41.9 Å². The highest BCUT2D eigenvalue weighted by molar-refractivity contribution is 7.99. The SMILES string of the molecule is CC(SCc1nc2sc3c(c2c(=O)[nH]1)CCCC3)C(=O)NCc1nnc2ccccn12. The molecule has 0 aromatic carbocycles. The second-order valence-electron chi connectivity index (χ2n) is 7.62. The summed E-state index contributed by atoms with van der Waals surface area (Å²) in [6.07, 6.45) is 6.19. The molecule has 1 aliphatic carbocycles. The lowest BCUT2D eigenvalue weighted by Crippen LogP contribution is -2.31. The highest BCUT2D eigenvalue weighted by Crippen LogP contribution is 2.33. The Hall–Kier alpha value is -2.72. The van der Waals surface area contributed by atoms with Crippen molar-refractivity contribution in [2.75, 3.05) is 0 Å². The molecule has 2 N–H and O–H groups in total. The van der Waals surface area contributed by atoms with E-state index >= 15 is 0 Å². The molecule has 1 atom stereocenters. The van der Waals surface area contributed by atoms with Gasteiger partial charge >= 0.3 is 0 Å². The Kier molecular flexibility index (Phi) is 5.49. The number of aromatic amines is 1. The van der Waals surface area contributed by atoms with E-state index in [-0.39, 0.29) is 16.7 Å². The van der Waals surface area contributed by atoms with Gasteiger partial charge in [-0.3, -0.25) is 14.0 Å². The van der Waals surface area contributed by atoms with Gasteiger partial charge in [0, 0.05) is 11.1 Å². The number of carbonyl (C=O) groups excluding carboxylic acids is 1. The van der Waals surface area contributed by atoms with Crippen LogP contribution in [0.4, 0.5) is 0 Å². The quantitative estimate of drug-likeness (QED) is 0.464. The first-order valence-electron chi connectivity index (χ1n) is 10.3. The Morgan fingerprint density at radius 1 is 1.32 bits per heavy atom. The molecule has 0 radical (unpaired) electrons. The van der Waals surface area contributed by atoms with Gasteiger partial charge in [-0.1, -0.05) is 6.07 Å². The highest BCUT2D eigenvalue weighted by Gasteiger charge is 2.20. The molecule has 0 fully saturated rings. The first kappa shape index (κ1) is 20.2. The minimum Gasteiger partial charge on any atom is -0.348 e. The summed E-state index contributed by atoms with van der Waals surface area (Å²) in [6, 6.07) is 5.66. The Bertz CT molecular complexity index is 1320. The van der Waals surface area contributed by atoms with E-state index in [1.807, 2.05) is 35.7 Å². The number of H-pyrrole nitrogens is 1. The molecule has 10 heteroatoms. The van der Waals surface area contributed by atoms with Crippen LogP contribution in [0, 0.1) is 0 Å². The van der Waals surface area contributed by atoms with Gasteiger partial charge in [0.25, 0.3) is 5.56 Å². The third-order valence-corrected chi connectivity index (χ3v) is 7.86. The van der Waals surface area contributed by atoms with Gasteiger partial charge in [0.05, 0.1) is 22.9 Å². The van der Waals surface area contributed by atoms with E-state index in [1.54, 1.807) is 11.3 Å². The van der Waals surface area contributed by atoms with Gasteiger partial charge < -0.3 is 10.3 Å². The van der Waals surface area contributed by atoms with Crippen molar-refractivity contribution in [3.05, 3.63) is 56.8 Å². The van der Waals surface area contributed by atoms with Crippen LogP contribution in [-0.4, -0.2) is 35.7 Å². The van der Waals surface area contributed by atoms with Crippen molar-refractivity contribution in [2.24, 2.45) is 0 Å². The van der Waals surface area contributed by atoms with Crippen molar-refractivity contribution in [2.45, 2.75) is 50.2 Å². The molecule has 0 saturated carbocycles. The number of hydrogen-bond acceptors (Lipinski definition) is 7. The number of carbonyl (C=O) groups is 1. The summed E-state index contributed by atoms with van der Waals surface area (Å²) in [5.41, 5.74) is 1.87. The molecule has 1 unspecified atom stereocenters. The lowest BCUT2D eigenvalue weighted by Gasteiger charge is -2.11. The maximum absolute atomic E-state index is 12.7. The summed E-state index contributed by atoms with van der Waals surface area (Å²) in [7, 11) is 0. The monoisotopic (exact) mass is 454 g/mol. The van der Waals surface area contributed by atoms with Crippen LogP contribution < -0.4 is 10.9 Å². The Balaban J connectivity index is 1.22. The number of amides is 1. The van der Waals surface area contributed by atoms with Gasteiger partial charge in [-0.05, 0) is 50.3 Å². The molecule has 0 bridgehead atoms. The van der Waals surface area contributed by atoms with Gasteiger partial charge in [0.1, 0.15) is 10.7 Å². The third kappa shape index (κ3) is 3.97. The van der Waals surface area contributed by atoms with Crippen molar-refractivity contribution in [1.29, 1.82) is 0 Å². The predicted octanol–water partition coefficient (Wildman–Crippen LogP) is 2.84. The van der Waals surface area contributed by atoms with Crippen LogP contribution >= 0.6 is 23.1 Å². The van der Waals surface area contributed by atoms with E-state index in [4.69, 9.17) is 0 Å². The molecule has 5 rings (SSSR count). The maximum atomic E-state index is 12.7. The molecule has 0 spiro atoms. The molecule has 8 nitrogen and oxygen atoms in total. The average molecular weight is 455 g/mol. The highest BCUT2D eigenvalue weighted by atomic mass is 32.2. The summed E-state index contributed by atoms with van der Waals surface area (Å²) in [4.78, 5) is 34.9. The molecule has 1 amide bonds. The average Bonchev–Trinajstić information content (AvgIpc) is 3.37. The van der Waals surface area contributed by atoms with Gasteiger partial charge in [-0.2, -0.15) is 0 Å². The molecular formula is C21H22N6O2S2. The largest absolute Gasteiger partial charge is 0.348 e. The van der Waals surface area contributed by atoms with Crippen molar-refractivity contribution >= 4 is 44.9 Å². The maximum Gasteiger partial charge on any atom is 0.259 e. The lowest BCUT2D eigenvalue weighted by molar-refractivity contribution is -0.120. The molecule has 31 heavy (non-hydrogen) atoms. The number of nitrogens with zero attached hydrogens (tertiary/aromatic N) is 4. The summed E-state index contributed by atoms with van der Waals surface area (Å²) < 4.78 is 1.85. The van der Waals surface area contributed by atoms with Crippen LogP contribution in [0.15, 0.2) is 29.2 Å². The molecule has 4 heterocycles. The van der Waals surface area contributed by atoms with E-state index in [0.717, 1.165) is 35.1 Å². The standard InChI is InChI=1S/C21H22N6O2S2/c1-12(19(28)22-10-17-26-25-16-8-4-5-9-27(16)17)30-11-15-23-20(29)18-13-6-2-3-7-14(13)31-21(18)24-15/h4-5,8-9,12H,2-3,6-7,10-11H2,1H3,(H,22,28)(H,23,24,29). The molecule has 1 aliphatic rings. The molecule has 160 valence electrons. The molecule has 4 aromatic heterocycles. The van der Waals surface area contributed by atoms with E-state index in [2.05, 4.69) is 25.5 Å². The first-order valence-corrected chi connectivity index (χ1v) is 12.2. The van der Waals surface area contributed by atoms with Crippen molar-refractivity contribution in [3.8, 4) is 0 Å². The van der Waals surface area contributed by atoms with Crippen molar-refractivity contribution < 1.29 is 4.79 Å². The Morgan fingerprint density at radius 2 is 2.19 bits per heavy atom. The van der Waals surface area contributed by atoms with Crippen LogP contribution in [0.2, 0.25) is 0 Å². The van der Waals surface area contributed by atoms with Crippen LogP contribution in [-0.2, 0) is 29.9 Å². The second-order valence-corrected chi connectivity index (χ2v) is 10.0. The minimum atomic E-state index is -0.295. The third-order valence-electron chi connectivity index (χ3n) is 5.52. The van der Waals surface area contributed by atoms with E-state index in [0.29, 0.717) is 23.9 Å². The van der Waals surface area contributed by atoms with Crippen molar-refractivity contribution in [1.82, 2.24) is 29.9 Å². The number of hydrogen-bond donors (Lipinski definition) is 2. The topological polar surface area (TPSA) is 105 Å². The van der Waals surface area contributed by atoms with Gasteiger partial charge in [-0.25, -0.2) is 4.98 Å². The van der Waals surface area contributed by atoms with Crippen LogP contribution in [0.3, 0.4) is 0 Å². The number of aromatic nitrogens is 5. The second kappa shape index (κ2) is 8.43. The Labute approximate surface area is 186 Å². The predicted molar refractivity (Wildman–Crippen MR) is 122 cm³/mol. The summed E-state index contributed by atoms with van der Waals surface area (Å²) in [6.45, 7) is 2.15. The molecular weight excluding hydrogens is 432 g/mol. The van der Waals surface area contributed by atoms with Crippen molar-refractivity contribution in [3.63, 3.8) is 0 Å². The van der Waals surface area contributed by atoms with Gasteiger partial charge in [0.15, 0.2) is 11.5 Å². The summed E-state index contributed by atoms with van der Waals surface area (Å²) in [5.74, 6) is 1.67. The fraction of sp³-hybridized carbons (Fsp3) is 0.381. The van der Waals surface area contributed by atoms with E-state index in [1.165, 1.54) is 28.6 Å². The number of rotatable bonds is 6. The lowest BCUT2D eigenvalue weighted by atomic mass is 9.97. The van der Waals surface area contributed by atoms with Gasteiger partial charge in [-0.15, -0.1) is 33.3 Å². The van der Waals surface area contributed by atoms with E-state index < -0.39 is 0 Å². The number of thioether (sulfide) groups is 1. The normalized spacial score (nSPS) is 14.6.